The smallest absolute Gasteiger partial charge is 0.244 e. The summed E-state index contributed by atoms with van der Waals surface area (Å²) in [6.45, 7) is 2.45. The molecule has 0 saturated heterocycles. The topological polar surface area (TPSA) is 59.3 Å². The third-order valence-electron chi connectivity index (χ3n) is 3.36. The normalized spacial score (nSPS) is 12.8. The molecule has 0 bridgehead atoms. The van der Waals surface area contributed by atoms with Crippen molar-refractivity contribution < 1.29 is 4.79 Å². The molecule has 0 aliphatic rings. The standard InChI is InChI=1S/C16H16N4OS/c1-12(16(21)19-18-9-13-5-4-8-22-13)10-20-11-17-14-6-2-3-7-15(14)20/h2-9,11-12H,10H2,1H3,(H,19,21)/b18-9-. The van der Waals surface area contributed by atoms with E-state index in [9.17, 15) is 4.79 Å². The Morgan fingerprint density at radius 3 is 3.09 bits per heavy atom. The summed E-state index contributed by atoms with van der Waals surface area (Å²) in [5.74, 6) is -0.302. The third-order valence-corrected chi connectivity index (χ3v) is 4.16. The molecule has 1 aromatic carbocycles. The van der Waals surface area contributed by atoms with Gasteiger partial charge in [0.25, 0.3) is 0 Å². The Labute approximate surface area is 132 Å². The number of rotatable bonds is 5. The van der Waals surface area contributed by atoms with Crippen LogP contribution < -0.4 is 5.43 Å². The molecule has 5 nitrogen and oxygen atoms in total. The van der Waals surface area contributed by atoms with Gasteiger partial charge in [0.05, 0.1) is 29.5 Å². The maximum absolute atomic E-state index is 12.1. The maximum Gasteiger partial charge on any atom is 0.244 e. The summed E-state index contributed by atoms with van der Waals surface area (Å²) in [7, 11) is 0. The van der Waals surface area contributed by atoms with Gasteiger partial charge >= 0.3 is 0 Å². The number of hydrazone groups is 1. The number of hydrogen-bond donors (Lipinski definition) is 1. The molecule has 3 aromatic rings. The monoisotopic (exact) mass is 312 g/mol. The number of hydrogen-bond acceptors (Lipinski definition) is 4. The number of nitrogens with zero attached hydrogens (tertiary/aromatic N) is 3. The average Bonchev–Trinajstić information content (AvgIpc) is 3.17. The molecule has 0 saturated carbocycles. The summed E-state index contributed by atoms with van der Waals surface area (Å²) < 4.78 is 1.99. The number of thiophene rings is 1. The van der Waals surface area contributed by atoms with Gasteiger partial charge in [0.2, 0.25) is 5.91 Å². The van der Waals surface area contributed by atoms with Crippen LogP contribution in [0, 0.1) is 5.92 Å². The van der Waals surface area contributed by atoms with E-state index in [1.54, 1.807) is 23.9 Å². The molecule has 3 rings (SSSR count). The second kappa shape index (κ2) is 6.53. The van der Waals surface area contributed by atoms with Gasteiger partial charge in [-0.15, -0.1) is 11.3 Å². The lowest BCUT2D eigenvalue weighted by Crippen LogP contribution is -2.27. The molecule has 0 spiro atoms. The zero-order valence-electron chi connectivity index (χ0n) is 12.1. The molecule has 112 valence electrons. The number of benzene rings is 1. The zero-order valence-corrected chi connectivity index (χ0v) is 13.0. The van der Waals surface area contributed by atoms with Crippen molar-refractivity contribution in [1.82, 2.24) is 15.0 Å². The van der Waals surface area contributed by atoms with Gasteiger partial charge in [0.15, 0.2) is 0 Å². The highest BCUT2D eigenvalue weighted by Crippen LogP contribution is 2.13. The Balaban J connectivity index is 1.61. The number of carbonyl (C=O) groups is 1. The first-order valence-electron chi connectivity index (χ1n) is 7.00. The van der Waals surface area contributed by atoms with E-state index in [-0.39, 0.29) is 11.8 Å². The second-order valence-corrected chi connectivity index (χ2v) is 6.02. The lowest BCUT2D eigenvalue weighted by molar-refractivity contribution is -0.124. The molecular weight excluding hydrogens is 296 g/mol. The summed E-state index contributed by atoms with van der Waals surface area (Å²) in [5, 5.41) is 5.96. The van der Waals surface area contributed by atoms with Crippen molar-refractivity contribution in [2.24, 2.45) is 11.0 Å². The van der Waals surface area contributed by atoms with E-state index >= 15 is 0 Å². The van der Waals surface area contributed by atoms with Crippen molar-refractivity contribution in [3.8, 4) is 0 Å². The number of aromatic nitrogens is 2. The minimum atomic E-state index is -0.196. The van der Waals surface area contributed by atoms with Crippen LogP contribution in [0.25, 0.3) is 11.0 Å². The SMILES string of the molecule is CC(Cn1cnc2ccccc21)C(=O)N/N=C\c1cccs1. The van der Waals surface area contributed by atoms with Gasteiger partial charge in [-0.1, -0.05) is 25.1 Å². The molecule has 2 heterocycles. The Morgan fingerprint density at radius 1 is 1.41 bits per heavy atom. The van der Waals surface area contributed by atoms with E-state index in [1.807, 2.05) is 53.3 Å². The van der Waals surface area contributed by atoms with Crippen molar-refractivity contribution in [3.05, 3.63) is 53.0 Å². The molecule has 1 amide bonds. The van der Waals surface area contributed by atoms with Crippen molar-refractivity contribution in [3.63, 3.8) is 0 Å². The molecule has 22 heavy (non-hydrogen) atoms. The third kappa shape index (κ3) is 3.23. The Bertz CT molecular complexity index is 791. The maximum atomic E-state index is 12.1. The van der Waals surface area contributed by atoms with Crippen LogP contribution in [-0.2, 0) is 11.3 Å². The minimum Gasteiger partial charge on any atom is -0.330 e. The Kier molecular flexibility index (Phi) is 4.29. The fourth-order valence-corrected chi connectivity index (χ4v) is 2.75. The summed E-state index contributed by atoms with van der Waals surface area (Å²) in [4.78, 5) is 17.4. The summed E-state index contributed by atoms with van der Waals surface area (Å²) in [6.07, 6.45) is 3.42. The first kappa shape index (κ1) is 14.5. The van der Waals surface area contributed by atoms with Gasteiger partial charge in [-0.2, -0.15) is 5.10 Å². The Morgan fingerprint density at radius 2 is 2.27 bits per heavy atom. The van der Waals surface area contributed by atoms with Crippen LogP contribution in [0.4, 0.5) is 0 Å². The number of imidazole rings is 1. The van der Waals surface area contributed by atoms with Crippen molar-refractivity contribution in [2.45, 2.75) is 13.5 Å². The number of carbonyl (C=O) groups excluding carboxylic acids is 1. The number of para-hydroxylation sites is 2. The fraction of sp³-hybridized carbons (Fsp3) is 0.188. The summed E-state index contributed by atoms with van der Waals surface area (Å²) in [6, 6.07) is 11.8. The van der Waals surface area contributed by atoms with E-state index in [4.69, 9.17) is 0 Å². The molecular formula is C16H16N4OS. The second-order valence-electron chi connectivity index (χ2n) is 5.04. The molecule has 6 heteroatoms. The van der Waals surface area contributed by atoms with Gasteiger partial charge in [-0.05, 0) is 23.6 Å². The van der Waals surface area contributed by atoms with E-state index in [0.29, 0.717) is 6.54 Å². The van der Waals surface area contributed by atoms with Crippen LogP contribution in [0.1, 0.15) is 11.8 Å². The number of nitrogens with one attached hydrogen (secondary N) is 1. The number of amides is 1. The Hall–Kier alpha value is -2.47. The largest absolute Gasteiger partial charge is 0.330 e. The molecule has 0 radical (unpaired) electrons. The molecule has 1 N–H and O–H groups in total. The predicted molar refractivity (Wildman–Crippen MR) is 89.0 cm³/mol. The quantitative estimate of drug-likeness (QED) is 0.582. The van der Waals surface area contributed by atoms with Crippen LogP contribution >= 0.6 is 11.3 Å². The van der Waals surface area contributed by atoms with Crippen LogP contribution in [0.15, 0.2) is 53.2 Å². The van der Waals surface area contributed by atoms with Crippen molar-refractivity contribution in [2.75, 3.05) is 0 Å². The zero-order chi connectivity index (χ0) is 15.4. The van der Waals surface area contributed by atoms with E-state index in [1.165, 1.54) is 0 Å². The first-order valence-corrected chi connectivity index (χ1v) is 7.88. The molecule has 1 atom stereocenters. The van der Waals surface area contributed by atoms with E-state index in [2.05, 4.69) is 15.5 Å². The van der Waals surface area contributed by atoms with Crippen LogP contribution in [-0.4, -0.2) is 21.7 Å². The van der Waals surface area contributed by atoms with Gasteiger partial charge < -0.3 is 4.57 Å². The van der Waals surface area contributed by atoms with E-state index in [0.717, 1.165) is 15.9 Å². The predicted octanol–water partition coefficient (Wildman–Crippen LogP) is 2.88. The van der Waals surface area contributed by atoms with Crippen molar-refractivity contribution in [1.29, 1.82) is 0 Å². The van der Waals surface area contributed by atoms with Gasteiger partial charge in [0, 0.05) is 11.4 Å². The van der Waals surface area contributed by atoms with E-state index < -0.39 is 0 Å². The lowest BCUT2D eigenvalue weighted by Gasteiger charge is -2.11. The molecule has 0 aliphatic heterocycles. The molecule has 0 aliphatic carbocycles. The van der Waals surface area contributed by atoms with Gasteiger partial charge in [-0.3, -0.25) is 4.79 Å². The first-order chi connectivity index (χ1) is 10.7. The highest BCUT2D eigenvalue weighted by Gasteiger charge is 2.14. The van der Waals surface area contributed by atoms with Crippen LogP contribution in [0.2, 0.25) is 0 Å². The summed E-state index contributed by atoms with van der Waals surface area (Å²) in [5.41, 5.74) is 4.55. The summed E-state index contributed by atoms with van der Waals surface area (Å²) >= 11 is 1.58. The van der Waals surface area contributed by atoms with Gasteiger partial charge in [-0.25, -0.2) is 10.4 Å². The lowest BCUT2D eigenvalue weighted by atomic mass is 10.1. The van der Waals surface area contributed by atoms with Crippen molar-refractivity contribution >= 4 is 34.5 Å². The average molecular weight is 312 g/mol. The molecule has 1 unspecified atom stereocenters. The fourth-order valence-electron chi connectivity index (χ4n) is 2.17. The van der Waals surface area contributed by atoms with Crippen LogP contribution in [0.5, 0.6) is 0 Å². The molecule has 0 fully saturated rings. The molecule has 2 aromatic heterocycles. The highest BCUT2D eigenvalue weighted by atomic mass is 32.1. The number of fused-ring (bicyclic) bond motifs is 1. The van der Waals surface area contributed by atoms with Gasteiger partial charge in [0.1, 0.15) is 0 Å². The van der Waals surface area contributed by atoms with Crippen LogP contribution in [0.3, 0.4) is 0 Å². The highest BCUT2D eigenvalue weighted by molar-refractivity contribution is 7.11. The minimum absolute atomic E-state index is 0.106.